The van der Waals surface area contributed by atoms with Crippen LogP contribution >= 0.6 is 11.3 Å². The molecule has 1 saturated heterocycles. The standard InChI is InChI=1S/C31H31NO4S/c1-19-8-10-21(11-9-19)30-14-12-24(23-13-15-37-28(23)30)31(29(34)35)18-32(17-26(30)31)27(33)16-20(2)22-6-4-5-7-25(22)36-3/h4-11,13,15,24,26H,2,12,14,16-18H2,1,3H3,(H,34,35)/t24-,26+,30+,31+/m1/s1. The monoisotopic (exact) mass is 513 g/mol. The van der Waals surface area contributed by atoms with E-state index in [2.05, 4.69) is 49.2 Å². The van der Waals surface area contributed by atoms with Crippen LogP contribution in [0.2, 0.25) is 0 Å². The van der Waals surface area contributed by atoms with Gasteiger partial charge in [0.05, 0.1) is 18.9 Å². The lowest BCUT2D eigenvalue weighted by Gasteiger charge is -2.58. The summed E-state index contributed by atoms with van der Waals surface area (Å²) in [5.41, 5.74) is 3.60. The number of amides is 1. The van der Waals surface area contributed by atoms with E-state index in [0.717, 1.165) is 18.4 Å². The second kappa shape index (κ2) is 8.59. The number of carbonyl (C=O) groups is 2. The summed E-state index contributed by atoms with van der Waals surface area (Å²) in [6.07, 6.45) is 1.85. The van der Waals surface area contributed by atoms with Crippen molar-refractivity contribution in [1.29, 1.82) is 0 Å². The van der Waals surface area contributed by atoms with Crippen molar-refractivity contribution in [2.24, 2.45) is 11.3 Å². The molecule has 0 radical (unpaired) electrons. The van der Waals surface area contributed by atoms with Crippen molar-refractivity contribution in [3.05, 3.63) is 93.7 Å². The van der Waals surface area contributed by atoms with Crippen LogP contribution in [0.15, 0.2) is 66.6 Å². The number of hydrogen-bond donors (Lipinski definition) is 1. The van der Waals surface area contributed by atoms with Crippen molar-refractivity contribution in [2.75, 3.05) is 20.2 Å². The molecule has 2 bridgehead atoms. The van der Waals surface area contributed by atoms with Gasteiger partial charge in [-0.1, -0.05) is 54.6 Å². The number of hydrogen-bond acceptors (Lipinski definition) is 4. The summed E-state index contributed by atoms with van der Waals surface area (Å²) >= 11 is 1.74. The van der Waals surface area contributed by atoms with Gasteiger partial charge in [-0.3, -0.25) is 9.59 Å². The lowest BCUT2D eigenvalue weighted by molar-refractivity contribution is -0.157. The van der Waals surface area contributed by atoms with Crippen LogP contribution in [-0.2, 0) is 15.0 Å². The highest BCUT2D eigenvalue weighted by Gasteiger charge is 2.71. The van der Waals surface area contributed by atoms with Crippen molar-refractivity contribution in [3.8, 4) is 5.75 Å². The summed E-state index contributed by atoms with van der Waals surface area (Å²) < 4.78 is 5.47. The molecule has 1 N–H and O–H groups in total. The summed E-state index contributed by atoms with van der Waals surface area (Å²) in [6, 6.07) is 18.3. The van der Waals surface area contributed by atoms with E-state index in [1.807, 2.05) is 24.3 Å². The number of rotatable bonds is 6. The zero-order chi connectivity index (χ0) is 25.9. The van der Waals surface area contributed by atoms with Crippen molar-refractivity contribution >= 4 is 28.8 Å². The van der Waals surface area contributed by atoms with Crippen LogP contribution in [0.1, 0.15) is 52.3 Å². The minimum absolute atomic E-state index is 0.0762. The van der Waals surface area contributed by atoms with Crippen LogP contribution in [0.3, 0.4) is 0 Å². The number of methoxy groups -OCH3 is 1. The Morgan fingerprint density at radius 3 is 2.65 bits per heavy atom. The molecule has 0 spiro atoms. The van der Waals surface area contributed by atoms with Crippen LogP contribution in [0.5, 0.6) is 5.75 Å². The zero-order valence-corrected chi connectivity index (χ0v) is 22.0. The van der Waals surface area contributed by atoms with Gasteiger partial charge < -0.3 is 14.7 Å². The summed E-state index contributed by atoms with van der Waals surface area (Å²) in [5, 5.41) is 13.0. The number of nitrogens with zero attached hydrogens (tertiary/aromatic N) is 1. The molecule has 190 valence electrons. The molecule has 1 saturated carbocycles. The molecule has 1 aliphatic heterocycles. The molecule has 2 fully saturated rings. The number of para-hydroxylation sites is 1. The van der Waals surface area contributed by atoms with Crippen LogP contribution in [-0.4, -0.2) is 42.1 Å². The molecule has 1 aromatic heterocycles. The summed E-state index contributed by atoms with van der Waals surface area (Å²) in [4.78, 5) is 30.0. The maximum Gasteiger partial charge on any atom is 0.312 e. The van der Waals surface area contributed by atoms with E-state index >= 15 is 0 Å². The highest BCUT2D eigenvalue weighted by molar-refractivity contribution is 7.10. The molecule has 1 amide bonds. The molecule has 3 aliphatic carbocycles. The third-order valence-electron chi connectivity index (χ3n) is 9.17. The lowest BCUT2D eigenvalue weighted by atomic mass is 9.44. The van der Waals surface area contributed by atoms with E-state index in [4.69, 9.17) is 4.74 Å². The number of thiophene rings is 1. The number of fused-ring (bicyclic) bond motifs is 1. The second-order valence-corrected chi connectivity index (χ2v) is 11.7. The number of carboxylic acid groups (broad SMARTS) is 1. The van der Waals surface area contributed by atoms with E-state index in [1.165, 1.54) is 21.6 Å². The van der Waals surface area contributed by atoms with Crippen molar-refractivity contribution in [2.45, 2.75) is 37.5 Å². The third kappa shape index (κ3) is 3.28. The van der Waals surface area contributed by atoms with Crippen molar-refractivity contribution in [3.63, 3.8) is 0 Å². The molecule has 4 atom stereocenters. The maximum atomic E-state index is 13.7. The number of aryl methyl sites for hydroxylation is 1. The molecule has 0 unspecified atom stereocenters. The van der Waals surface area contributed by atoms with Crippen molar-refractivity contribution < 1.29 is 19.4 Å². The Kier molecular flexibility index (Phi) is 5.57. The van der Waals surface area contributed by atoms with Gasteiger partial charge in [0.1, 0.15) is 5.75 Å². The first-order valence-electron chi connectivity index (χ1n) is 12.8. The second-order valence-electron chi connectivity index (χ2n) is 10.8. The Morgan fingerprint density at radius 1 is 1.16 bits per heavy atom. The predicted molar refractivity (Wildman–Crippen MR) is 145 cm³/mol. The van der Waals surface area contributed by atoms with E-state index < -0.39 is 16.8 Å². The third-order valence-corrected chi connectivity index (χ3v) is 10.3. The average Bonchev–Trinajstić information content (AvgIpc) is 3.57. The molecule has 2 heterocycles. The SMILES string of the molecule is C=C(CC(=O)N1C[C@H]2[C@@]3(c4ccc(C)cc4)CC[C@H](c4ccsc43)[C@@]2(C(=O)O)C1)c1ccccc1OC. The highest BCUT2D eigenvalue weighted by atomic mass is 32.1. The minimum Gasteiger partial charge on any atom is -0.496 e. The van der Waals surface area contributed by atoms with Crippen LogP contribution in [0.4, 0.5) is 0 Å². The molecule has 2 aromatic carbocycles. The first kappa shape index (κ1) is 24.0. The highest BCUT2D eigenvalue weighted by Crippen LogP contribution is 2.70. The number of carboxylic acids is 1. The molecular weight excluding hydrogens is 482 g/mol. The Morgan fingerprint density at radius 2 is 1.92 bits per heavy atom. The molecule has 5 nitrogen and oxygen atoms in total. The van der Waals surface area contributed by atoms with E-state index in [9.17, 15) is 14.7 Å². The number of aliphatic carboxylic acids is 1. The molecule has 6 heteroatoms. The largest absolute Gasteiger partial charge is 0.496 e. The molecule has 3 aromatic rings. The van der Waals surface area contributed by atoms with E-state index in [1.54, 1.807) is 23.3 Å². The number of benzene rings is 2. The van der Waals surface area contributed by atoms with Gasteiger partial charge in [-0.2, -0.15) is 0 Å². The van der Waals surface area contributed by atoms with Gasteiger partial charge in [0.25, 0.3) is 0 Å². The fourth-order valence-electron chi connectivity index (χ4n) is 7.50. The average molecular weight is 514 g/mol. The summed E-state index contributed by atoms with van der Waals surface area (Å²) in [6.45, 7) is 6.92. The molecule has 4 aliphatic rings. The van der Waals surface area contributed by atoms with Gasteiger partial charge in [0.15, 0.2) is 0 Å². The van der Waals surface area contributed by atoms with E-state index in [-0.39, 0.29) is 30.7 Å². The Labute approximate surface area is 221 Å². The molecular formula is C31H31NO4S. The van der Waals surface area contributed by atoms with Crippen LogP contribution in [0, 0.1) is 18.3 Å². The number of likely N-dealkylation sites (tertiary alicyclic amines) is 1. The van der Waals surface area contributed by atoms with Gasteiger partial charge in [-0.05, 0) is 54.0 Å². The smallest absolute Gasteiger partial charge is 0.312 e. The number of ether oxygens (including phenoxy) is 1. The van der Waals surface area contributed by atoms with E-state index in [0.29, 0.717) is 17.9 Å². The predicted octanol–water partition coefficient (Wildman–Crippen LogP) is 5.88. The molecule has 7 rings (SSSR count). The Hall–Kier alpha value is -3.38. The van der Waals surface area contributed by atoms with Gasteiger partial charge >= 0.3 is 5.97 Å². The van der Waals surface area contributed by atoms with Gasteiger partial charge in [-0.25, -0.2) is 0 Å². The molecule has 37 heavy (non-hydrogen) atoms. The fourth-order valence-corrected chi connectivity index (χ4v) is 8.77. The Bertz CT molecular complexity index is 1410. The maximum absolute atomic E-state index is 13.7. The fraction of sp³-hybridized carbons (Fsp3) is 0.355. The summed E-state index contributed by atoms with van der Waals surface area (Å²) in [7, 11) is 1.61. The lowest BCUT2D eigenvalue weighted by Crippen LogP contribution is -2.59. The topological polar surface area (TPSA) is 66.8 Å². The number of carbonyl (C=O) groups excluding carboxylic acids is 1. The first-order chi connectivity index (χ1) is 17.8. The van der Waals surface area contributed by atoms with Gasteiger partial charge in [0.2, 0.25) is 5.91 Å². The normalized spacial score (nSPS) is 27.5. The first-order valence-corrected chi connectivity index (χ1v) is 13.7. The quantitative estimate of drug-likeness (QED) is 0.447. The zero-order valence-electron chi connectivity index (χ0n) is 21.2. The van der Waals surface area contributed by atoms with Crippen LogP contribution in [0.25, 0.3) is 5.57 Å². The Balaban J connectivity index is 1.40. The van der Waals surface area contributed by atoms with Gasteiger partial charge in [-0.15, -0.1) is 11.3 Å². The van der Waals surface area contributed by atoms with Crippen molar-refractivity contribution in [1.82, 2.24) is 4.90 Å². The van der Waals surface area contributed by atoms with Crippen LogP contribution < -0.4 is 4.74 Å². The van der Waals surface area contributed by atoms with Gasteiger partial charge in [0, 0.05) is 40.8 Å². The minimum atomic E-state index is -1.00. The summed E-state index contributed by atoms with van der Waals surface area (Å²) in [5.74, 6) is -0.451.